The second kappa shape index (κ2) is 5.90. The van der Waals surface area contributed by atoms with E-state index in [0.29, 0.717) is 11.8 Å². The van der Waals surface area contributed by atoms with Crippen molar-refractivity contribution in [3.05, 3.63) is 30.9 Å². The van der Waals surface area contributed by atoms with Crippen molar-refractivity contribution in [3.63, 3.8) is 0 Å². The summed E-state index contributed by atoms with van der Waals surface area (Å²) in [6, 6.07) is 2.02. The topological polar surface area (TPSA) is 77.3 Å². The Bertz CT molecular complexity index is 850. The van der Waals surface area contributed by atoms with Gasteiger partial charge in [-0.25, -0.2) is 9.50 Å². The van der Waals surface area contributed by atoms with Crippen molar-refractivity contribution in [2.75, 3.05) is 24.5 Å². The average molecular weight is 325 g/mol. The standard InChI is InChI=1S/C17H23N7/c1-12-9-23(6-4-13(12)7-18)17-16-3-5-19-24(16)11-15(21-17)14-8-20-22(2)10-14/h3,5,8,10-13H,4,6-7,9,18H2,1-2H3/t12-,13-/m1/s1. The third kappa shape index (κ3) is 2.54. The van der Waals surface area contributed by atoms with E-state index in [0.717, 1.165) is 48.6 Å². The zero-order valence-corrected chi connectivity index (χ0v) is 14.1. The highest BCUT2D eigenvalue weighted by Gasteiger charge is 2.27. The molecule has 0 spiro atoms. The van der Waals surface area contributed by atoms with E-state index in [2.05, 4.69) is 22.0 Å². The first-order chi connectivity index (χ1) is 11.7. The second-order valence-electron chi connectivity index (χ2n) is 6.72. The molecule has 3 aromatic rings. The third-order valence-electron chi connectivity index (χ3n) is 5.06. The number of piperidine rings is 1. The monoisotopic (exact) mass is 325 g/mol. The molecular formula is C17H23N7. The fourth-order valence-corrected chi connectivity index (χ4v) is 3.57. The van der Waals surface area contributed by atoms with E-state index in [1.807, 2.05) is 42.4 Å². The van der Waals surface area contributed by atoms with Crippen LogP contribution in [0.5, 0.6) is 0 Å². The lowest BCUT2D eigenvalue weighted by Crippen LogP contribution is -2.42. The molecule has 1 aliphatic rings. The van der Waals surface area contributed by atoms with Crippen LogP contribution in [0.4, 0.5) is 5.82 Å². The number of anilines is 1. The first kappa shape index (κ1) is 15.1. The van der Waals surface area contributed by atoms with Crippen LogP contribution in [0.15, 0.2) is 30.9 Å². The molecule has 4 heterocycles. The SMILES string of the molecule is C[C@@H]1CN(c2nc(-c3cnn(C)c3)cn3nccc23)CC[C@@H]1CN. The van der Waals surface area contributed by atoms with E-state index in [9.17, 15) is 0 Å². The van der Waals surface area contributed by atoms with Gasteiger partial charge in [0.1, 0.15) is 5.52 Å². The van der Waals surface area contributed by atoms with Crippen molar-refractivity contribution in [3.8, 4) is 11.3 Å². The van der Waals surface area contributed by atoms with Crippen molar-refractivity contribution in [2.45, 2.75) is 13.3 Å². The molecule has 0 unspecified atom stereocenters. The van der Waals surface area contributed by atoms with Crippen LogP contribution in [0.3, 0.4) is 0 Å². The van der Waals surface area contributed by atoms with Gasteiger partial charge in [0.05, 0.1) is 24.3 Å². The molecule has 2 atom stereocenters. The minimum absolute atomic E-state index is 0.565. The molecule has 24 heavy (non-hydrogen) atoms. The summed E-state index contributed by atoms with van der Waals surface area (Å²) in [5, 5.41) is 8.68. The number of hydrogen-bond acceptors (Lipinski definition) is 5. The van der Waals surface area contributed by atoms with E-state index in [1.54, 1.807) is 4.68 Å². The average Bonchev–Trinajstić information content (AvgIpc) is 3.22. The molecule has 126 valence electrons. The fraction of sp³-hybridized carbons (Fsp3) is 0.471. The molecule has 1 fully saturated rings. The molecule has 1 saturated heterocycles. The normalized spacial score (nSPS) is 21.5. The smallest absolute Gasteiger partial charge is 0.155 e. The second-order valence-corrected chi connectivity index (χ2v) is 6.72. The maximum atomic E-state index is 5.90. The molecule has 0 amide bonds. The minimum Gasteiger partial charge on any atom is -0.355 e. The van der Waals surface area contributed by atoms with Gasteiger partial charge < -0.3 is 10.6 Å². The van der Waals surface area contributed by atoms with E-state index in [1.165, 1.54) is 0 Å². The van der Waals surface area contributed by atoms with Gasteiger partial charge in [-0.3, -0.25) is 4.68 Å². The molecule has 0 bridgehead atoms. The van der Waals surface area contributed by atoms with Crippen molar-refractivity contribution < 1.29 is 0 Å². The summed E-state index contributed by atoms with van der Waals surface area (Å²) >= 11 is 0. The molecular weight excluding hydrogens is 302 g/mol. The largest absolute Gasteiger partial charge is 0.355 e. The lowest BCUT2D eigenvalue weighted by molar-refractivity contribution is 0.306. The van der Waals surface area contributed by atoms with Gasteiger partial charge in [0.25, 0.3) is 0 Å². The highest BCUT2D eigenvalue weighted by molar-refractivity contribution is 5.72. The van der Waals surface area contributed by atoms with Crippen LogP contribution in [0.2, 0.25) is 0 Å². The zero-order chi connectivity index (χ0) is 16.7. The van der Waals surface area contributed by atoms with Gasteiger partial charge in [-0.15, -0.1) is 0 Å². The summed E-state index contributed by atoms with van der Waals surface area (Å²) in [4.78, 5) is 7.31. The van der Waals surface area contributed by atoms with Crippen LogP contribution in [-0.2, 0) is 7.05 Å². The maximum Gasteiger partial charge on any atom is 0.155 e. The zero-order valence-electron chi connectivity index (χ0n) is 14.1. The van der Waals surface area contributed by atoms with Crippen LogP contribution in [0.1, 0.15) is 13.3 Å². The van der Waals surface area contributed by atoms with E-state index < -0.39 is 0 Å². The number of rotatable bonds is 3. The molecule has 0 saturated carbocycles. The minimum atomic E-state index is 0.565. The Morgan fingerprint density at radius 3 is 2.88 bits per heavy atom. The quantitative estimate of drug-likeness (QED) is 0.790. The van der Waals surface area contributed by atoms with Crippen molar-refractivity contribution >= 4 is 11.3 Å². The molecule has 7 heteroatoms. The van der Waals surface area contributed by atoms with Crippen molar-refractivity contribution in [1.29, 1.82) is 0 Å². The molecule has 0 aromatic carbocycles. The summed E-state index contributed by atoms with van der Waals surface area (Å²) in [5.41, 5.74) is 8.83. The van der Waals surface area contributed by atoms with Crippen LogP contribution in [0.25, 0.3) is 16.8 Å². The van der Waals surface area contributed by atoms with Gasteiger partial charge in [-0.05, 0) is 30.9 Å². The highest BCUT2D eigenvalue weighted by Crippen LogP contribution is 2.30. The summed E-state index contributed by atoms with van der Waals surface area (Å²) in [6.07, 6.45) is 8.71. The van der Waals surface area contributed by atoms with Crippen molar-refractivity contribution in [1.82, 2.24) is 24.4 Å². The molecule has 0 radical (unpaired) electrons. The predicted molar refractivity (Wildman–Crippen MR) is 93.7 cm³/mol. The lowest BCUT2D eigenvalue weighted by atomic mass is 9.87. The Morgan fingerprint density at radius 2 is 2.17 bits per heavy atom. The Morgan fingerprint density at radius 1 is 1.29 bits per heavy atom. The first-order valence-corrected chi connectivity index (χ1v) is 8.44. The number of nitrogens with zero attached hydrogens (tertiary/aromatic N) is 6. The van der Waals surface area contributed by atoms with E-state index in [-0.39, 0.29) is 0 Å². The molecule has 1 aliphatic heterocycles. The van der Waals surface area contributed by atoms with Crippen LogP contribution in [-0.4, -0.2) is 44.0 Å². The summed E-state index contributed by atoms with van der Waals surface area (Å²) < 4.78 is 3.70. The Balaban J connectivity index is 1.75. The molecule has 0 aliphatic carbocycles. The van der Waals surface area contributed by atoms with Gasteiger partial charge >= 0.3 is 0 Å². The van der Waals surface area contributed by atoms with Gasteiger partial charge in [0, 0.05) is 31.9 Å². The first-order valence-electron chi connectivity index (χ1n) is 8.44. The Labute approximate surface area is 141 Å². The van der Waals surface area contributed by atoms with Crippen LogP contribution < -0.4 is 10.6 Å². The number of nitrogens with two attached hydrogens (primary N) is 1. The van der Waals surface area contributed by atoms with Gasteiger partial charge in [0.2, 0.25) is 0 Å². The number of aromatic nitrogens is 5. The molecule has 3 aromatic heterocycles. The van der Waals surface area contributed by atoms with Gasteiger partial charge in [0.15, 0.2) is 5.82 Å². The van der Waals surface area contributed by atoms with Gasteiger partial charge in [-0.2, -0.15) is 10.2 Å². The number of aryl methyl sites for hydroxylation is 1. The summed E-state index contributed by atoms with van der Waals surface area (Å²) in [6.45, 7) is 5.01. The number of fused-ring (bicyclic) bond motifs is 1. The van der Waals surface area contributed by atoms with Crippen LogP contribution >= 0.6 is 0 Å². The lowest BCUT2D eigenvalue weighted by Gasteiger charge is -2.37. The third-order valence-corrected chi connectivity index (χ3v) is 5.06. The predicted octanol–water partition coefficient (Wildman–Crippen LogP) is 1.55. The molecule has 2 N–H and O–H groups in total. The molecule has 7 nitrogen and oxygen atoms in total. The van der Waals surface area contributed by atoms with Gasteiger partial charge in [-0.1, -0.05) is 6.92 Å². The molecule has 4 rings (SSSR count). The van der Waals surface area contributed by atoms with Crippen LogP contribution in [0, 0.1) is 11.8 Å². The highest BCUT2D eigenvalue weighted by atomic mass is 15.3. The Kier molecular flexibility index (Phi) is 3.72. The van der Waals surface area contributed by atoms with E-state index >= 15 is 0 Å². The number of hydrogen-bond donors (Lipinski definition) is 1. The van der Waals surface area contributed by atoms with E-state index in [4.69, 9.17) is 10.7 Å². The van der Waals surface area contributed by atoms with Crippen molar-refractivity contribution in [2.24, 2.45) is 24.6 Å². The maximum absolute atomic E-state index is 5.90. The summed E-state index contributed by atoms with van der Waals surface area (Å²) in [5.74, 6) is 2.16. The Hall–Kier alpha value is -2.41. The fourth-order valence-electron chi connectivity index (χ4n) is 3.57. The summed E-state index contributed by atoms with van der Waals surface area (Å²) in [7, 11) is 1.91.